The molecule has 3 aromatic rings. The first-order valence-electron chi connectivity index (χ1n) is 10.1. The molecule has 7 heteroatoms. The Hall–Kier alpha value is -4.00. The first-order chi connectivity index (χ1) is 15.4. The van der Waals surface area contributed by atoms with Crippen LogP contribution in [0.1, 0.15) is 24.1 Å². The van der Waals surface area contributed by atoms with E-state index < -0.39 is 35.4 Å². The van der Waals surface area contributed by atoms with Gasteiger partial charge in [0.05, 0.1) is 6.04 Å². The molecule has 0 radical (unpaired) electrons. The third-order valence-electron chi connectivity index (χ3n) is 5.46. The van der Waals surface area contributed by atoms with Gasteiger partial charge in [-0.15, -0.1) is 0 Å². The number of ether oxygens (including phenoxy) is 1. The van der Waals surface area contributed by atoms with Crippen molar-refractivity contribution < 1.29 is 23.5 Å². The minimum Gasteiger partial charge on any atom is -0.422 e. The molecule has 162 valence electrons. The van der Waals surface area contributed by atoms with Gasteiger partial charge in [-0.3, -0.25) is 9.59 Å². The second kappa shape index (κ2) is 8.63. The fraction of sp³-hybridized carbons (Fsp3) is 0.160. The van der Waals surface area contributed by atoms with Crippen molar-refractivity contribution in [3.63, 3.8) is 0 Å². The summed E-state index contributed by atoms with van der Waals surface area (Å²) in [7, 11) is 0. The van der Waals surface area contributed by atoms with Gasteiger partial charge in [-0.05, 0) is 42.3 Å². The number of imide groups is 1. The Morgan fingerprint density at radius 2 is 1.56 bits per heavy atom. The molecule has 32 heavy (non-hydrogen) atoms. The van der Waals surface area contributed by atoms with Crippen molar-refractivity contribution in [2.75, 3.05) is 5.32 Å². The zero-order valence-electron chi connectivity index (χ0n) is 17.3. The lowest BCUT2D eigenvalue weighted by Gasteiger charge is -2.25. The number of rotatable bonds is 6. The molecular formula is C25H21FN2O4. The van der Waals surface area contributed by atoms with E-state index in [4.69, 9.17) is 4.74 Å². The smallest absolute Gasteiger partial charge is 0.418 e. The molecule has 0 bridgehead atoms. The van der Waals surface area contributed by atoms with E-state index in [9.17, 15) is 18.8 Å². The first kappa shape index (κ1) is 21.2. The molecule has 1 fully saturated rings. The average Bonchev–Trinajstić information content (AvgIpc) is 3.06. The highest BCUT2D eigenvalue weighted by molar-refractivity contribution is 6.20. The van der Waals surface area contributed by atoms with Gasteiger partial charge in [-0.2, -0.15) is 0 Å². The zero-order valence-corrected chi connectivity index (χ0v) is 17.3. The Morgan fingerprint density at radius 3 is 2.19 bits per heavy atom. The van der Waals surface area contributed by atoms with Crippen molar-refractivity contribution >= 4 is 23.6 Å². The maximum absolute atomic E-state index is 13.6. The van der Waals surface area contributed by atoms with E-state index >= 15 is 0 Å². The van der Waals surface area contributed by atoms with Gasteiger partial charge >= 0.3 is 6.09 Å². The van der Waals surface area contributed by atoms with E-state index in [-0.39, 0.29) is 12.1 Å². The number of carbonyl (C=O) groups excluding carboxylic acids is 3. The summed E-state index contributed by atoms with van der Waals surface area (Å²) in [4.78, 5) is 40.8. The topological polar surface area (TPSA) is 75.7 Å². The number of carbonyl (C=O) groups is 3. The van der Waals surface area contributed by atoms with Gasteiger partial charge < -0.3 is 10.1 Å². The number of cyclic esters (lactones) is 1. The Kier molecular flexibility index (Phi) is 5.73. The molecule has 3 aromatic carbocycles. The van der Waals surface area contributed by atoms with Crippen molar-refractivity contribution in [3.05, 3.63) is 102 Å². The number of nitrogens with one attached hydrogen (secondary N) is 1. The lowest BCUT2D eigenvalue weighted by atomic mass is 9.91. The monoisotopic (exact) mass is 432 g/mol. The molecule has 4 rings (SSSR count). The molecule has 1 aliphatic rings. The van der Waals surface area contributed by atoms with Crippen molar-refractivity contribution in [1.82, 2.24) is 4.90 Å². The fourth-order valence-corrected chi connectivity index (χ4v) is 3.72. The average molecular weight is 432 g/mol. The highest BCUT2D eigenvalue weighted by atomic mass is 19.1. The Labute approximate surface area is 184 Å². The Morgan fingerprint density at radius 1 is 0.969 bits per heavy atom. The van der Waals surface area contributed by atoms with Crippen LogP contribution in [-0.2, 0) is 20.7 Å². The molecule has 3 amide bonds. The summed E-state index contributed by atoms with van der Waals surface area (Å²) >= 11 is 0. The normalized spacial score (nSPS) is 18.9. The van der Waals surface area contributed by atoms with Crippen LogP contribution in [0.5, 0.6) is 0 Å². The zero-order chi connectivity index (χ0) is 22.7. The van der Waals surface area contributed by atoms with Gasteiger partial charge in [0, 0.05) is 12.1 Å². The lowest BCUT2D eigenvalue weighted by molar-refractivity contribution is -0.147. The van der Waals surface area contributed by atoms with Gasteiger partial charge in [0.1, 0.15) is 5.82 Å². The number of hydrogen-bond donors (Lipinski definition) is 1. The highest BCUT2D eigenvalue weighted by Crippen LogP contribution is 2.35. The third-order valence-corrected chi connectivity index (χ3v) is 5.46. The van der Waals surface area contributed by atoms with Crippen molar-refractivity contribution in [3.8, 4) is 0 Å². The summed E-state index contributed by atoms with van der Waals surface area (Å²) < 4.78 is 18.8. The molecular weight excluding hydrogens is 411 g/mol. The van der Waals surface area contributed by atoms with E-state index in [1.165, 1.54) is 24.3 Å². The van der Waals surface area contributed by atoms with Crippen LogP contribution in [0.4, 0.5) is 14.9 Å². The van der Waals surface area contributed by atoms with E-state index in [1.54, 1.807) is 61.5 Å². The van der Waals surface area contributed by atoms with Crippen LogP contribution in [0.2, 0.25) is 0 Å². The molecule has 1 saturated heterocycles. The van der Waals surface area contributed by atoms with Crippen LogP contribution in [0.15, 0.2) is 84.9 Å². The molecule has 0 saturated carbocycles. The summed E-state index contributed by atoms with van der Waals surface area (Å²) in [6.45, 7) is 1.70. The van der Waals surface area contributed by atoms with E-state index in [0.717, 1.165) is 10.5 Å². The molecule has 0 unspecified atom stereocenters. The van der Waals surface area contributed by atoms with Crippen LogP contribution in [-0.4, -0.2) is 28.4 Å². The second-order valence-corrected chi connectivity index (χ2v) is 7.58. The standard InChI is InChI=1S/C25H21FN2O4/c1-17(19-10-6-3-7-11-19)28-23(30)25(32-24(28)31,16-18-8-4-2-5-9-18)22(29)27-21-14-12-20(26)13-15-21/h2-15,17H,16H2,1H3,(H,27,29)/t17-,25-/m1/s1. The van der Waals surface area contributed by atoms with E-state index in [2.05, 4.69) is 5.32 Å². The number of anilines is 1. The number of nitrogens with zero attached hydrogens (tertiary/aromatic N) is 1. The Balaban J connectivity index is 1.70. The second-order valence-electron chi connectivity index (χ2n) is 7.58. The summed E-state index contributed by atoms with van der Waals surface area (Å²) in [5.74, 6) is -2.01. The predicted octanol–water partition coefficient (Wildman–Crippen LogP) is 4.49. The number of hydrogen-bond acceptors (Lipinski definition) is 4. The predicted molar refractivity (Wildman–Crippen MR) is 116 cm³/mol. The molecule has 0 spiro atoms. The molecule has 2 atom stereocenters. The van der Waals surface area contributed by atoms with Crippen LogP contribution in [0.25, 0.3) is 0 Å². The van der Waals surface area contributed by atoms with Gasteiger partial charge in [-0.1, -0.05) is 60.7 Å². The van der Waals surface area contributed by atoms with Crippen LogP contribution in [0, 0.1) is 5.82 Å². The third kappa shape index (κ3) is 3.97. The minimum absolute atomic E-state index is 0.135. The van der Waals surface area contributed by atoms with Crippen LogP contribution in [0.3, 0.4) is 0 Å². The molecule has 1 heterocycles. The van der Waals surface area contributed by atoms with Gasteiger partial charge in [0.2, 0.25) is 0 Å². The Bertz CT molecular complexity index is 1140. The number of benzene rings is 3. The minimum atomic E-state index is -2.09. The van der Waals surface area contributed by atoms with Gasteiger partial charge in [0.15, 0.2) is 0 Å². The maximum Gasteiger partial charge on any atom is 0.418 e. The van der Waals surface area contributed by atoms with E-state index in [1.807, 2.05) is 6.07 Å². The summed E-state index contributed by atoms with van der Waals surface area (Å²) in [6, 6.07) is 22.3. The fourth-order valence-electron chi connectivity index (χ4n) is 3.72. The molecule has 0 aromatic heterocycles. The van der Waals surface area contributed by atoms with Crippen molar-refractivity contribution in [2.45, 2.75) is 25.0 Å². The highest BCUT2D eigenvalue weighted by Gasteiger charge is 2.60. The summed E-state index contributed by atoms with van der Waals surface area (Å²) in [5.41, 5.74) is -0.429. The SMILES string of the molecule is C[C@H](c1ccccc1)N1C(=O)O[C@](Cc2ccccc2)(C(=O)Nc2ccc(F)cc2)C1=O. The van der Waals surface area contributed by atoms with Crippen LogP contribution >= 0.6 is 0 Å². The van der Waals surface area contributed by atoms with Crippen molar-refractivity contribution in [1.29, 1.82) is 0 Å². The van der Waals surface area contributed by atoms with Gasteiger partial charge in [-0.25, -0.2) is 14.1 Å². The molecule has 0 aliphatic carbocycles. The molecule has 1 N–H and O–H groups in total. The first-order valence-corrected chi connectivity index (χ1v) is 10.1. The quantitative estimate of drug-likeness (QED) is 0.583. The summed E-state index contributed by atoms with van der Waals surface area (Å²) in [6.07, 6.45) is -1.03. The van der Waals surface area contributed by atoms with Gasteiger partial charge in [0.25, 0.3) is 17.4 Å². The number of amides is 3. The lowest BCUT2D eigenvalue weighted by Crippen LogP contribution is -2.52. The largest absolute Gasteiger partial charge is 0.422 e. The summed E-state index contributed by atoms with van der Waals surface area (Å²) in [5, 5.41) is 2.59. The van der Waals surface area contributed by atoms with Crippen LogP contribution < -0.4 is 5.32 Å². The van der Waals surface area contributed by atoms with E-state index in [0.29, 0.717) is 5.56 Å². The number of halogens is 1. The maximum atomic E-state index is 13.6. The molecule has 1 aliphatic heterocycles. The van der Waals surface area contributed by atoms with Crippen molar-refractivity contribution in [2.24, 2.45) is 0 Å². The molecule has 6 nitrogen and oxygen atoms in total.